The molecule has 4 heteroatoms. The molecule has 0 amide bonds. The second kappa shape index (κ2) is 5.26. The van der Waals surface area contributed by atoms with E-state index < -0.39 is 12.1 Å². The molecule has 0 aromatic heterocycles. The van der Waals surface area contributed by atoms with Gasteiger partial charge in [-0.25, -0.2) is 0 Å². The molecule has 0 saturated heterocycles. The van der Waals surface area contributed by atoms with Gasteiger partial charge in [0.1, 0.15) is 11.7 Å². The molecule has 1 aromatic rings. The Morgan fingerprint density at radius 2 is 1.95 bits per heavy atom. The highest BCUT2D eigenvalue weighted by Crippen LogP contribution is 2.48. The number of ether oxygens (including phenoxy) is 1. The van der Waals surface area contributed by atoms with Crippen molar-refractivity contribution >= 4 is 5.78 Å². The van der Waals surface area contributed by atoms with Crippen molar-refractivity contribution in [3.63, 3.8) is 0 Å². The molecule has 1 aliphatic heterocycles. The molecular weight excluding hydrogens is 276 g/mol. The molecular formula is C18H20N2O2. The smallest absolute Gasteiger partial charge is 0.164 e. The van der Waals surface area contributed by atoms with Crippen LogP contribution in [0.2, 0.25) is 0 Å². The van der Waals surface area contributed by atoms with E-state index in [0.717, 1.165) is 5.56 Å². The normalized spacial score (nSPS) is 30.3. The van der Waals surface area contributed by atoms with Gasteiger partial charge in [-0.3, -0.25) is 10.5 Å². The zero-order chi connectivity index (χ0) is 15.9. The minimum absolute atomic E-state index is 0.0762. The summed E-state index contributed by atoms with van der Waals surface area (Å²) in [7, 11) is 0. The van der Waals surface area contributed by atoms with Crippen LogP contribution in [-0.4, -0.2) is 12.0 Å². The second-order valence-electron chi connectivity index (χ2n) is 6.90. The van der Waals surface area contributed by atoms with Gasteiger partial charge in [0, 0.05) is 24.3 Å². The second-order valence-corrected chi connectivity index (χ2v) is 6.90. The van der Waals surface area contributed by atoms with E-state index in [0.29, 0.717) is 24.2 Å². The Bertz CT molecular complexity index is 670. The number of carbonyl (C=O) groups excluding carboxylic acids is 1. The third-order valence-electron chi connectivity index (χ3n) is 4.49. The first-order valence-electron chi connectivity index (χ1n) is 7.56. The van der Waals surface area contributed by atoms with Crippen LogP contribution in [0.4, 0.5) is 0 Å². The van der Waals surface area contributed by atoms with E-state index >= 15 is 0 Å². The lowest BCUT2D eigenvalue weighted by Gasteiger charge is -2.41. The monoisotopic (exact) mass is 296 g/mol. The van der Waals surface area contributed by atoms with Gasteiger partial charge in [-0.2, -0.15) is 5.26 Å². The van der Waals surface area contributed by atoms with Crippen molar-refractivity contribution in [2.24, 2.45) is 17.1 Å². The lowest BCUT2D eigenvalue weighted by molar-refractivity contribution is -0.120. The Labute approximate surface area is 130 Å². The summed E-state index contributed by atoms with van der Waals surface area (Å²) in [4.78, 5) is 12.7. The number of benzene rings is 1. The highest BCUT2D eigenvalue weighted by Gasteiger charge is 2.46. The number of Topliss-reactive ketones (excluding diaryl/α,β-unsaturated/α-hetero) is 1. The minimum atomic E-state index is -0.698. The largest absolute Gasteiger partial charge is 0.478 e. The quantitative estimate of drug-likeness (QED) is 0.864. The molecule has 22 heavy (non-hydrogen) atoms. The highest BCUT2D eigenvalue weighted by molar-refractivity contribution is 5.99. The van der Waals surface area contributed by atoms with Gasteiger partial charge in [0.15, 0.2) is 12.0 Å². The molecule has 2 aliphatic rings. The van der Waals surface area contributed by atoms with E-state index in [9.17, 15) is 10.1 Å². The molecule has 3 atom stereocenters. The third-order valence-corrected chi connectivity index (χ3v) is 4.49. The van der Waals surface area contributed by atoms with Gasteiger partial charge in [0.25, 0.3) is 0 Å². The SMILES string of the molecule is CC1(C)CC(=O)C2=C(C1)O[C@@H](N)[C@@H](C#N)[C@@H]2c1ccccc1. The van der Waals surface area contributed by atoms with Crippen molar-refractivity contribution in [1.82, 2.24) is 0 Å². The summed E-state index contributed by atoms with van der Waals surface area (Å²) < 4.78 is 5.77. The molecule has 3 rings (SSSR count). The van der Waals surface area contributed by atoms with Crippen molar-refractivity contribution in [1.29, 1.82) is 5.26 Å². The molecule has 2 N–H and O–H groups in total. The molecule has 0 saturated carbocycles. The molecule has 0 unspecified atom stereocenters. The number of nitrogens with two attached hydrogens (primary N) is 1. The average Bonchev–Trinajstić information content (AvgIpc) is 2.45. The molecule has 0 bridgehead atoms. The number of ketones is 1. The van der Waals surface area contributed by atoms with Crippen molar-refractivity contribution in [2.45, 2.75) is 38.8 Å². The first kappa shape index (κ1) is 14.8. The molecule has 1 heterocycles. The van der Waals surface area contributed by atoms with E-state index in [-0.39, 0.29) is 17.1 Å². The Morgan fingerprint density at radius 3 is 2.59 bits per heavy atom. The Balaban J connectivity index is 2.15. The van der Waals surface area contributed by atoms with Crippen LogP contribution in [0.25, 0.3) is 0 Å². The number of hydrogen-bond acceptors (Lipinski definition) is 4. The number of nitrogens with zero attached hydrogens (tertiary/aromatic N) is 1. The molecule has 4 nitrogen and oxygen atoms in total. The van der Waals surface area contributed by atoms with Crippen LogP contribution in [0, 0.1) is 22.7 Å². The maximum absolute atomic E-state index is 12.7. The summed E-state index contributed by atoms with van der Waals surface area (Å²) in [5, 5.41) is 9.53. The predicted molar refractivity (Wildman–Crippen MR) is 82.4 cm³/mol. The number of allylic oxidation sites excluding steroid dienone is 2. The van der Waals surface area contributed by atoms with Crippen LogP contribution in [0.15, 0.2) is 41.7 Å². The van der Waals surface area contributed by atoms with Crippen LogP contribution in [0.5, 0.6) is 0 Å². The van der Waals surface area contributed by atoms with Crippen molar-refractivity contribution < 1.29 is 9.53 Å². The van der Waals surface area contributed by atoms with E-state index in [2.05, 4.69) is 19.9 Å². The lowest BCUT2D eigenvalue weighted by atomic mass is 9.68. The van der Waals surface area contributed by atoms with Gasteiger partial charge < -0.3 is 4.74 Å². The van der Waals surface area contributed by atoms with E-state index in [4.69, 9.17) is 10.5 Å². The molecule has 0 spiro atoms. The van der Waals surface area contributed by atoms with Crippen molar-refractivity contribution in [3.8, 4) is 6.07 Å². The van der Waals surface area contributed by atoms with Crippen LogP contribution >= 0.6 is 0 Å². The number of carbonyl (C=O) groups is 1. The van der Waals surface area contributed by atoms with Crippen LogP contribution in [0.1, 0.15) is 38.2 Å². The maximum Gasteiger partial charge on any atom is 0.164 e. The number of nitriles is 1. The summed E-state index contributed by atoms with van der Waals surface area (Å²) in [6.45, 7) is 4.11. The molecule has 0 radical (unpaired) electrons. The minimum Gasteiger partial charge on any atom is -0.478 e. The Morgan fingerprint density at radius 1 is 1.27 bits per heavy atom. The predicted octanol–water partition coefficient (Wildman–Crippen LogP) is 2.87. The first-order valence-corrected chi connectivity index (χ1v) is 7.56. The van der Waals surface area contributed by atoms with Crippen molar-refractivity contribution in [3.05, 3.63) is 47.2 Å². The summed E-state index contributed by atoms with van der Waals surface area (Å²) in [5.74, 6) is -0.0961. The zero-order valence-electron chi connectivity index (χ0n) is 12.9. The molecule has 114 valence electrons. The standard InChI is InChI=1S/C18H20N2O2/c1-18(2)8-13(21)16-14(9-18)22-17(20)12(10-19)15(16)11-6-4-3-5-7-11/h3-7,12,15,17H,8-9,20H2,1-2H3/t12-,15-,17+/m0/s1. The number of rotatable bonds is 1. The highest BCUT2D eigenvalue weighted by atomic mass is 16.5. The topological polar surface area (TPSA) is 76.1 Å². The first-order chi connectivity index (χ1) is 10.4. The van der Waals surface area contributed by atoms with Crippen LogP contribution in [-0.2, 0) is 9.53 Å². The fourth-order valence-electron chi connectivity index (χ4n) is 3.52. The molecule has 1 aromatic carbocycles. The summed E-state index contributed by atoms with van der Waals surface area (Å²) >= 11 is 0. The van der Waals surface area contributed by atoms with Crippen LogP contribution < -0.4 is 5.73 Å². The Kier molecular flexibility index (Phi) is 3.54. The summed E-state index contributed by atoms with van der Waals surface area (Å²) in [6.07, 6.45) is 0.463. The van der Waals surface area contributed by atoms with Crippen LogP contribution in [0.3, 0.4) is 0 Å². The average molecular weight is 296 g/mol. The van der Waals surface area contributed by atoms with Gasteiger partial charge in [-0.1, -0.05) is 44.2 Å². The number of hydrogen-bond donors (Lipinski definition) is 1. The van der Waals surface area contributed by atoms with Gasteiger partial charge in [-0.15, -0.1) is 0 Å². The van der Waals surface area contributed by atoms with E-state index in [1.165, 1.54) is 0 Å². The molecule has 1 aliphatic carbocycles. The van der Waals surface area contributed by atoms with E-state index in [1.807, 2.05) is 30.3 Å². The van der Waals surface area contributed by atoms with E-state index in [1.54, 1.807) is 0 Å². The van der Waals surface area contributed by atoms with Gasteiger partial charge in [0.2, 0.25) is 0 Å². The summed E-state index contributed by atoms with van der Waals surface area (Å²) in [6, 6.07) is 11.9. The zero-order valence-corrected chi connectivity index (χ0v) is 12.9. The van der Waals surface area contributed by atoms with Gasteiger partial charge in [0.05, 0.1) is 6.07 Å². The fraction of sp³-hybridized carbons (Fsp3) is 0.444. The maximum atomic E-state index is 12.7. The van der Waals surface area contributed by atoms with Crippen molar-refractivity contribution in [2.75, 3.05) is 0 Å². The lowest BCUT2D eigenvalue weighted by Crippen LogP contribution is -2.44. The van der Waals surface area contributed by atoms with Gasteiger partial charge >= 0.3 is 0 Å². The summed E-state index contributed by atoms with van der Waals surface area (Å²) in [5.41, 5.74) is 7.54. The fourth-order valence-corrected chi connectivity index (χ4v) is 3.52. The van der Waals surface area contributed by atoms with Gasteiger partial charge in [-0.05, 0) is 11.0 Å². The molecule has 0 fully saturated rings. The third kappa shape index (κ3) is 2.42. The Hall–Kier alpha value is -2.12.